The minimum absolute atomic E-state index is 0.300. The smallest absolute Gasteiger partial charge is 0.160 e. The summed E-state index contributed by atoms with van der Waals surface area (Å²) in [6.45, 7) is 2.36. The third kappa shape index (κ3) is 5.35. The van der Waals surface area contributed by atoms with Crippen molar-refractivity contribution in [3.8, 4) is 67.3 Å². The first-order valence-corrected chi connectivity index (χ1v) is 19.5. The van der Waals surface area contributed by atoms with Gasteiger partial charge in [-0.1, -0.05) is 176 Å². The number of para-hydroxylation sites is 1. The molecule has 0 saturated heterocycles. The van der Waals surface area contributed by atoms with Crippen molar-refractivity contribution in [2.45, 2.75) is 12.3 Å². The molecule has 10 aromatic rings. The summed E-state index contributed by atoms with van der Waals surface area (Å²) < 4.78 is 6.14. The van der Waals surface area contributed by atoms with E-state index in [1.165, 1.54) is 38.9 Å². The van der Waals surface area contributed by atoms with Crippen LogP contribution in [0.25, 0.3) is 89.2 Å². The topological polar surface area (TPSA) is 38.9 Å². The van der Waals surface area contributed by atoms with Gasteiger partial charge in [-0.15, -0.1) is 0 Å². The number of fused-ring (bicyclic) bond motifs is 6. The predicted octanol–water partition coefficient (Wildman–Crippen LogP) is 14.0. The molecule has 0 saturated carbocycles. The predicted molar refractivity (Wildman–Crippen MR) is 234 cm³/mol. The molecule has 1 aliphatic carbocycles. The summed E-state index contributed by atoms with van der Waals surface area (Å²) in [7, 11) is 0. The van der Waals surface area contributed by atoms with Crippen LogP contribution >= 0.6 is 0 Å². The summed E-state index contributed by atoms with van der Waals surface area (Å²) in [6, 6.07) is 71.0. The summed E-state index contributed by atoms with van der Waals surface area (Å²) in [5.74, 6) is 0.703. The number of benzene rings is 8. The molecule has 0 radical (unpaired) electrons. The van der Waals surface area contributed by atoms with Crippen molar-refractivity contribution < 1.29 is 4.42 Å². The van der Waals surface area contributed by atoms with Crippen LogP contribution in [0.5, 0.6) is 0 Å². The summed E-state index contributed by atoms with van der Waals surface area (Å²) in [5.41, 5.74) is 17.4. The maximum Gasteiger partial charge on any atom is 0.160 e. The van der Waals surface area contributed by atoms with Crippen LogP contribution < -0.4 is 0 Å². The largest absolute Gasteiger partial charge is 0.456 e. The summed E-state index contributed by atoms with van der Waals surface area (Å²) in [6.07, 6.45) is 0. The Hall–Kier alpha value is -7.36. The van der Waals surface area contributed by atoms with Gasteiger partial charge >= 0.3 is 0 Å². The number of hydrogen-bond donors (Lipinski definition) is 0. The molecular formula is C54H36N2O. The van der Waals surface area contributed by atoms with Crippen LogP contribution in [-0.4, -0.2) is 9.97 Å². The average Bonchev–Trinajstić information content (AvgIpc) is 3.80. The highest BCUT2D eigenvalue weighted by atomic mass is 16.3. The first-order valence-electron chi connectivity index (χ1n) is 19.5. The number of furan rings is 1. The monoisotopic (exact) mass is 728 g/mol. The second-order valence-corrected chi connectivity index (χ2v) is 15.0. The molecule has 2 heterocycles. The highest BCUT2D eigenvalue weighted by Gasteiger charge is 2.41. The fourth-order valence-electron chi connectivity index (χ4n) is 8.99. The lowest BCUT2D eigenvalue weighted by atomic mass is 9.74. The average molecular weight is 729 g/mol. The number of hydrogen-bond acceptors (Lipinski definition) is 3. The van der Waals surface area contributed by atoms with Crippen molar-refractivity contribution in [3.05, 3.63) is 217 Å². The molecule has 0 fully saturated rings. The fraction of sp³-hybridized carbons (Fsp3) is 0.0370. The lowest BCUT2D eigenvalue weighted by Gasteiger charge is -2.28. The minimum Gasteiger partial charge on any atom is -0.456 e. The number of nitrogens with zero attached hydrogens (tertiary/aromatic N) is 2. The second-order valence-electron chi connectivity index (χ2n) is 15.0. The lowest BCUT2D eigenvalue weighted by Crippen LogP contribution is -2.22. The summed E-state index contributed by atoms with van der Waals surface area (Å²) >= 11 is 0. The van der Waals surface area contributed by atoms with Crippen molar-refractivity contribution >= 4 is 21.9 Å². The van der Waals surface area contributed by atoms with Gasteiger partial charge in [-0.25, -0.2) is 9.97 Å². The van der Waals surface area contributed by atoms with Crippen LogP contribution in [0.1, 0.15) is 23.6 Å². The Bertz CT molecular complexity index is 3130. The van der Waals surface area contributed by atoms with Crippen LogP contribution in [0, 0.1) is 0 Å². The Labute approximate surface area is 331 Å². The molecule has 1 unspecified atom stereocenters. The number of rotatable bonds is 6. The van der Waals surface area contributed by atoms with Crippen molar-refractivity contribution in [3.63, 3.8) is 0 Å². The zero-order valence-electron chi connectivity index (χ0n) is 31.4. The van der Waals surface area contributed by atoms with E-state index in [0.29, 0.717) is 5.82 Å². The van der Waals surface area contributed by atoms with E-state index < -0.39 is 0 Å². The van der Waals surface area contributed by atoms with Crippen LogP contribution in [0.15, 0.2) is 205 Å². The van der Waals surface area contributed by atoms with Crippen LogP contribution in [0.3, 0.4) is 0 Å². The Balaban J connectivity index is 1.03. The van der Waals surface area contributed by atoms with Gasteiger partial charge in [0.15, 0.2) is 5.82 Å². The molecular weight excluding hydrogens is 693 g/mol. The molecule has 0 N–H and O–H groups in total. The van der Waals surface area contributed by atoms with Gasteiger partial charge in [0.25, 0.3) is 0 Å². The molecule has 0 bridgehead atoms. The van der Waals surface area contributed by atoms with E-state index in [1.807, 2.05) is 30.3 Å². The van der Waals surface area contributed by atoms with Crippen molar-refractivity contribution in [1.82, 2.24) is 9.97 Å². The van der Waals surface area contributed by atoms with Gasteiger partial charge in [-0.05, 0) is 81.3 Å². The maximum atomic E-state index is 6.14. The van der Waals surface area contributed by atoms with Gasteiger partial charge < -0.3 is 4.42 Å². The SMILES string of the molecule is CC1(c2ccccc2)c2ccccc2-c2c(-c3cc(-c4ccc(-c5ccccc5-c5ccc6oc7ccccc7c6c5)cc4)nc(-c4ccccc4)n3)cccc21. The molecule has 1 atom stereocenters. The molecule has 0 amide bonds. The van der Waals surface area contributed by atoms with Crippen LogP contribution in [0.2, 0.25) is 0 Å². The minimum atomic E-state index is -0.300. The van der Waals surface area contributed by atoms with Gasteiger partial charge in [0.05, 0.1) is 11.4 Å². The Morgan fingerprint density at radius 2 is 0.965 bits per heavy atom. The van der Waals surface area contributed by atoms with E-state index in [9.17, 15) is 0 Å². The van der Waals surface area contributed by atoms with Crippen molar-refractivity contribution in [2.75, 3.05) is 0 Å². The zero-order chi connectivity index (χ0) is 37.9. The van der Waals surface area contributed by atoms with E-state index in [2.05, 4.69) is 177 Å². The lowest BCUT2D eigenvalue weighted by molar-refractivity contribution is 0.669. The van der Waals surface area contributed by atoms with E-state index in [1.54, 1.807) is 0 Å². The second kappa shape index (κ2) is 13.1. The third-order valence-electron chi connectivity index (χ3n) is 11.8. The van der Waals surface area contributed by atoms with Gasteiger partial charge in [0, 0.05) is 32.9 Å². The fourth-order valence-corrected chi connectivity index (χ4v) is 8.99. The van der Waals surface area contributed by atoms with Gasteiger partial charge in [0.2, 0.25) is 0 Å². The molecule has 8 aromatic carbocycles. The zero-order valence-corrected chi connectivity index (χ0v) is 31.4. The summed E-state index contributed by atoms with van der Waals surface area (Å²) in [4.78, 5) is 10.5. The summed E-state index contributed by atoms with van der Waals surface area (Å²) in [5, 5.41) is 2.25. The molecule has 3 heteroatoms. The van der Waals surface area contributed by atoms with E-state index >= 15 is 0 Å². The van der Waals surface area contributed by atoms with Crippen molar-refractivity contribution in [1.29, 1.82) is 0 Å². The van der Waals surface area contributed by atoms with E-state index in [-0.39, 0.29) is 5.41 Å². The molecule has 2 aromatic heterocycles. The molecule has 0 spiro atoms. The molecule has 0 aliphatic heterocycles. The van der Waals surface area contributed by atoms with Crippen LogP contribution in [-0.2, 0) is 5.41 Å². The van der Waals surface area contributed by atoms with Gasteiger partial charge in [-0.3, -0.25) is 0 Å². The molecule has 3 nitrogen and oxygen atoms in total. The maximum absolute atomic E-state index is 6.14. The quantitative estimate of drug-likeness (QED) is 0.171. The Morgan fingerprint density at radius 1 is 0.386 bits per heavy atom. The molecule has 1 aliphatic rings. The Morgan fingerprint density at radius 3 is 1.77 bits per heavy atom. The van der Waals surface area contributed by atoms with Gasteiger partial charge in [-0.2, -0.15) is 0 Å². The first-order chi connectivity index (χ1) is 28.1. The van der Waals surface area contributed by atoms with Crippen LogP contribution in [0.4, 0.5) is 0 Å². The standard InChI is InChI=1S/C54H36N2O/c1-54(39-17-6-3-7-18-39)46-24-12-10-22-43(46)52-44(23-14-25-47(52)54)49-34-48(55-53(56-49)37-15-4-2-5-16-37)36-29-27-35(28-30-36)40-19-8-9-20-41(40)38-31-32-51-45(33-38)42-21-11-13-26-50(42)57-51/h2-34H,1H3. The van der Waals surface area contributed by atoms with E-state index in [0.717, 1.165) is 61.1 Å². The van der Waals surface area contributed by atoms with E-state index in [4.69, 9.17) is 14.4 Å². The van der Waals surface area contributed by atoms with Crippen molar-refractivity contribution in [2.24, 2.45) is 0 Å². The molecule has 268 valence electrons. The number of aromatic nitrogens is 2. The Kier molecular flexibility index (Phi) is 7.61. The highest BCUT2D eigenvalue weighted by Crippen LogP contribution is 2.55. The highest BCUT2D eigenvalue weighted by molar-refractivity contribution is 6.06. The first kappa shape index (κ1) is 33.0. The normalized spacial score (nSPS) is 14.5. The molecule has 57 heavy (non-hydrogen) atoms. The third-order valence-corrected chi connectivity index (χ3v) is 11.8. The van der Waals surface area contributed by atoms with Gasteiger partial charge in [0.1, 0.15) is 11.2 Å². The molecule has 11 rings (SSSR count).